The van der Waals surface area contributed by atoms with Gasteiger partial charge in [-0.2, -0.15) is 0 Å². The summed E-state index contributed by atoms with van der Waals surface area (Å²) in [6, 6.07) is 18.0. The standard InChI is InChI=1S/C24H20N2O2S/c1-15-20(17-6-4-3-5-7-17)21-23(29-15)25-22-18(12-13-26(22)24(21)27)14-16-8-10-19(28-2)11-9-16/h3-11,14H,12-13H2,1-2H3/b18-14+. The molecule has 0 unspecified atom stereocenters. The summed E-state index contributed by atoms with van der Waals surface area (Å²) >= 11 is 1.60. The zero-order chi connectivity index (χ0) is 20.0. The molecule has 0 bridgehead atoms. The van der Waals surface area contributed by atoms with Gasteiger partial charge in [0.25, 0.3) is 5.56 Å². The molecule has 0 spiro atoms. The Morgan fingerprint density at radius 3 is 2.59 bits per heavy atom. The van der Waals surface area contributed by atoms with Crippen LogP contribution in [-0.2, 0) is 6.54 Å². The number of hydrogen-bond donors (Lipinski definition) is 0. The first-order valence-corrected chi connectivity index (χ1v) is 10.4. The maximum Gasteiger partial charge on any atom is 0.263 e. The second-order valence-corrected chi connectivity index (χ2v) is 8.37. The average molecular weight is 401 g/mol. The van der Waals surface area contributed by atoms with Crippen molar-refractivity contribution >= 4 is 33.2 Å². The maximum absolute atomic E-state index is 13.4. The lowest BCUT2D eigenvalue weighted by Crippen LogP contribution is -2.20. The van der Waals surface area contributed by atoms with Gasteiger partial charge in [-0.3, -0.25) is 9.36 Å². The van der Waals surface area contributed by atoms with Gasteiger partial charge in [0, 0.05) is 17.0 Å². The third-order valence-corrected chi connectivity index (χ3v) is 6.40. The lowest BCUT2D eigenvalue weighted by atomic mass is 10.0. The fraction of sp³-hybridized carbons (Fsp3) is 0.167. The molecule has 0 fully saturated rings. The van der Waals surface area contributed by atoms with Crippen molar-refractivity contribution in [2.75, 3.05) is 7.11 Å². The zero-order valence-corrected chi connectivity index (χ0v) is 17.1. The highest BCUT2D eigenvalue weighted by Gasteiger charge is 2.24. The first-order chi connectivity index (χ1) is 14.2. The number of methoxy groups -OCH3 is 1. The predicted octanol–water partition coefficient (Wildman–Crippen LogP) is 5.39. The van der Waals surface area contributed by atoms with Gasteiger partial charge < -0.3 is 4.74 Å². The van der Waals surface area contributed by atoms with Gasteiger partial charge in [0.05, 0.1) is 12.5 Å². The summed E-state index contributed by atoms with van der Waals surface area (Å²) in [6.45, 7) is 2.74. The van der Waals surface area contributed by atoms with Gasteiger partial charge in [-0.25, -0.2) is 4.98 Å². The molecule has 2 aromatic carbocycles. The number of rotatable bonds is 3. The van der Waals surface area contributed by atoms with Gasteiger partial charge in [-0.15, -0.1) is 11.3 Å². The van der Waals surface area contributed by atoms with E-state index in [0.29, 0.717) is 6.54 Å². The minimum Gasteiger partial charge on any atom is -0.497 e. The van der Waals surface area contributed by atoms with E-state index < -0.39 is 0 Å². The second-order valence-electron chi connectivity index (χ2n) is 7.16. The van der Waals surface area contributed by atoms with Crippen LogP contribution in [0.5, 0.6) is 5.75 Å². The van der Waals surface area contributed by atoms with Crippen molar-refractivity contribution in [3.63, 3.8) is 0 Å². The van der Waals surface area contributed by atoms with Crippen molar-refractivity contribution < 1.29 is 4.74 Å². The topological polar surface area (TPSA) is 44.1 Å². The van der Waals surface area contributed by atoms with E-state index in [1.165, 1.54) is 0 Å². The highest BCUT2D eigenvalue weighted by molar-refractivity contribution is 7.19. The van der Waals surface area contributed by atoms with E-state index in [4.69, 9.17) is 9.72 Å². The predicted molar refractivity (Wildman–Crippen MR) is 120 cm³/mol. The van der Waals surface area contributed by atoms with Crippen LogP contribution in [0, 0.1) is 6.92 Å². The molecule has 29 heavy (non-hydrogen) atoms. The van der Waals surface area contributed by atoms with E-state index in [2.05, 4.69) is 25.1 Å². The molecule has 144 valence electrons. The summed E-state index contributed by atoms with van der Waals surface area (Å²) in [5.74, 6) is 1.62. The van der Waals surface area contributed by atoms with Crippen LogP contribution in [0.3, 0.4) is 0 Å². The number of benzene rings is 2. The van der Waals surface area contributed by atoms with Gasteiger partial charge in [0.2, 0.25) is 0 Å². The molecule has 5 heteroatoms. The fourth-order valence-corrected chi connectivity index (χ4v) is 5.02. The number of thiophene rings is 1. The average Bonchev–Trinajstić information content (AvgIpc) is 3.30. The zero-order valence-electron chi connectivity index (χ0n) is 16.3. The number of ether oxygens (including phenoxy) is 1. The molecule has 3 heterocycles. The van der Waals surface area contributed by atoms with Gasteiger partial charge in [-0.05, 0) is 48.3 Å². The highest BCUT2D eigenvalue weighted by Crippen LogP contribution is 2.37. The van der Waals surface area contributed by atoms with Crippen molar-refractivity contribution in [2.45, 2.75) is 19.9 Å². The molecule has 0 saturated heterocycles. The van der Waals surface area contributed by atoms with Crippen LogP contribution in [0.1, 0.15) is 22.7 Å². The maximum atomic E-state index is 13.4. The summed E-state index contributed by atoms with van der Waals surface area (Å²) in [6.07, 6.45) is 2.93. The minimum absolute atomic E-state index is 0.0614. The van der Waals surface area contributed by atoms with Crippen molar-refractivity contribution in [3.8, 4) is 16.9 Å². The van der Waals surface area contributed by atoms with E-state index in [1.54, 1.807) is 18.4 Å². The van der Waals surface area contributed by atoms with Gasteiger partial charge in [0.15, 0.2) is 0 Å². The van der Waals surface area contributed by atoms with Gasteiger partial charge >= 0.3 is 0 Å². The molecule has 0 amide bonds. The van der Waals surface area contributed by atoms with Gasteiger partial charge in [0.1, 0.15) is 16.4 Å². The molecule has 4 aromatic rings. The lowest BCUT2D eigenvalue weighted by Gasteiger charge is -2.05. The second kappa shape index (κ2) is 7.01. The number of aryl methyl sites for hydroxylation is 1. The van der Waals surface area contributed by atoms with E-state index in [-0.39, 0.29) is 5.56 Å². The van der Waals surface area contributed by atoms with Crippen LogP contribution >= 0.6 is 11.3 Å². The van der Waals surface area contributed by atoms with Crippen LogP contribution in [0.2, 0.25) is 0 Å². The Bertz CT molecular complexity index is 1300. The number of nitrogens with zero attached hydrogens (tertiary/aromatic N) is 2. The third kappa shape index (κ3) is 2.98. The van der Waals surface area contributed by atoms with E-state index in [1.807, 2.05) is 47.0 Å². The number of aromatic nitrogens is 2. The highest BCUT2D eigenvalue weighted by atomic mass is 32.1. The Morgan fingerprint density at radius 1 is 1.10 bits per heavy atom. The summed E-state index contributed by atoms with van der Waals surface area (Å²) in [7, 11) is 1.66. The molecule has 0 N–H and O–H groups in total. The summed E-state index contributed by atoms with van der Waals surface area (Å²) in [5.41, 5.74) is 4.33. The monoisotopic (exact) mass is 400 g/mol. The fourth-order valence-electron chi connectivity index (χ4n) is 3.98. The summed E-state index contributed by atoms with van der Waals surface area (Å²) in [5, 5.41) is 0.744. The first kappa shape index (κ1) is 17.9. The van der Waals surface area contributed by atoms with E-state index >= 15 is 0 Å². The van der Waals surface area contributed by atoms with Crippen LogP contribution < -0.4 is 10.3 Å². The SMILES string of the molecule is COc1ccc(/C=C2\CCn3c2nc2sc(C)c(-c4ccccc4)c2c3=O)cc1. The van der Waals surface area contributed by atoms with Crippen molar-refractivity contribution in [1.82, 2.24) is 9.55 Å². The van der Waals surface area contributed by atoms with Crippen LogP contribution in [0.15, 0.2) is 59.4 Å². The van der Waals surface area contributed by atoms with E-state index in [0.717, 1.165) is 55.4 Å². The Kier molecular flexibility index (Phi) is 4.32. The Balaban J connectivity index is 1.66. The molecular weight excluding hydrogens is 380 g/mol. The van der Waals surface area contributed by atoms with Crippen molar-refractivity contribution in [3.05, 3.63) is 81.2 Å². The van der Waals surface area contributed by atoms with Crippen LogP contribution in [-0.4, -0.2) is 16.7 Å². The smallest absolute Gasteiger partial charge is 0.263 e. The first-order valence-electron chi connectivity index (χ1n) is 9.60. The molecule has 1 aliphatic rings. The normalized spacial score (nSPS) is 14.5. The van der Waals surface area contributed by atoms with Crippen molar-refractivity contribution in [1.29, 1.82) is 0 Å². The Labute approximate surface area is 172 Å². The van der Waals surface area contributed by atoms with Gasteiger partial charge in [-0.1, -0.05) is 42.5 Å². The summed E-state index contributed by atoms with van der Waals surface area (Å²) < 4.78 is 7.06. The quantitative estimate of drug-likeness (QED) is 0.463. The molecule has 0 atom stereocenters. The number of fused-ring (bicyclic) bond motifs is 2. The molecular formula is C24H20N2O2S. The number of allylic oxidation sites excluding steroid dienone is 1. The molecule has 1 aliphatic heterocycles. The molecule has 2 aromatic heterocycles. The minimum atomic E-state index is 0.0614. The summed E-state index contributed by atoms with van der Waals surface area (Å²) in [4.78, 5) is 20.3. The lowest BCUT2D eigenvalue weighted by molar-refractivity contribution is 0.415. The Hall–Kier alpha value is -3.18. The molecule has 4 nitrogen and oxygen atoms in total. The third-order valence-electron chi connectivity index (χ3n) is 5.40. The Morgan fingerprint density at radius 2 is 1.86 bits per heavy atom. The molecule has 0 saturated carbocycles. The van der Waals surface area contributed by atoms with E-state index in [9.17, 15) is 4.79 Å². The molecule has 5 rings (SSSR count). The number of hydrogen-bond acceptors (Lipinski definition) is 4. The molecule has 0 aliphatic carbocycles. The van der Waals surface area contributed by atoms with Crippen molar-refractivity contribution in [2.24, 2.45) is 0 Å². The van der Waals surface area contributed by atoms with Crippen LogP contribution in [0.25, 0.3) is 33.0 Å². The largest absolute Gasteiger partial charge is 0.497 e. The van der Waals surface area contributed by atoms with Crippen LogP contribution in [0.4, 0.5) is 0 Å². The molecule has 0 radical (unpaired) electrons.